The molecular formula is C21H22O5. The normalized spacial score (nSPS) is 24.3. The third kappa shape index (κ3) is 3.17. The molecule has 2 aliphatic rings. The van der Waals surface area contributed by atoms with Gasteiger partial charge in [-0.1, -0.05) is 36.5 Å². The van der Waals surface area contributed by atoms with E-state index < -0.39 is 12.1 Å². The molecule has 0 amide bonds. The molecule has 5 nitrogen and oxygen atoms in total. The van der Waals surface area contributed by atoms with E-state index >= 15 is 0 Å². The van der Waals surface area contributed by atoms with E-state index in [-0.39, 0.29) is 17.8 Å². The highest BCUT2D eigenvalue weighted by molar-refractivity contribution is 5.94. The Morgan fingerprint density at radius 1 is 1.27 bits per heavy atom. The van der Waals surface area contributed by atoms with E-state index in [4.69, 9.17) is 13.9 Å². The zero-order valence-electron chi connectivity index (χ0n) is 15.2. The molecule has 3 heterocycles. The molecule has 0 fully saturated rings. The first-order valence-electron chi connectivity index (χ1n) is 8.44. The fourth-order valence-electron chi connectivity index (χ4n) is 3.31. The Balaban J connectivity index is 2.18. The zero-order valence-corrected chi connectivity index (χ0v) is 15.2. The van der Waals surface area contributed by atoms with Gasteiger partial charge in [-0.05, 0) is 26.0 Å². The summed E-state index contributed by atoms with van der Waals surface area (Å²) >= 11 is 0. The molecule has 0 N–H and O–H groups in total. The topological polar surface area (TPSA) is 65.7 Å². The number of furan rings is 1. The van der Waals surface area contributed by atoms with Crippen LogP contribution in [0.1, 0.15) is 41.6 Å². The van der Waals surface area contributed by atoms with Crippen LogP contribution in [0.25, 0.3) is 0 Å². The predicted octanol–water partition coefficient (Wildman–Crippen LogP) is 3.88. The summed E-state index contributed by atoms with van der Waals surface area (Å²) in [5, 5.41) is 0. The van der Waals surface area contributed by atoms with Crippen molar-refractivity contribution in [3.05, 3.63) is 71.3 Å². The molecule has 26 heavy (non-hydrogen) atoms. The monoisotopic (exact) mass is 354 g/mol. The van der Waals surface area contributed by atoms with E-state index in [2.05, 4.69) is 13.2 Å². The van der Waals surface area contributed by atoms with Crippen molar-refractivity contribution in [3.63, 3.8) is 0 Å². The van der Waals surface area contributed by atoms with E-state index in [0.29, 0.717) is 29.1 Å². The Hall–Kier alpha value is -2.82. The molecule has 0 unspecified atom stereocenters. The highest BCUT2D eigenvalue weighted by Gasteiger charge is 2.36. The molecule has 5 heteroatoms. The number of fused-ring (bicyclic) bond motifs is 3. The Morgan fingerprint density at radius 2 is 2.00 bits per heavy atom. The molecule has 0 saturated carbocycles. The van der Waals surface area contributed by atoms with Gasteiger partial charge >= 0.3 is 11.9 Å². The molecule has 2 aliphatic heterocycles. The van der Waals surface area contributed by atoms with Gasteiger partial charge in [-0.25, -0.2) is 9.59 Å². The summed E-state index contributed by atoms with van der Waals surface area (Å²) in [6.07, 6.45) is 5.35. The average Bonchev–Trinajstić information content (AvgIpc) is 3.12. The molecule has 4 bridgehead atoms. The largest absolute Gasteiger partial charge is 0.465 e. The lowest BCUT2D eigenvalue weighted by Crippen LogP contribution is -2.19. The number of carbonyl (C=O) groups excluding carboxylic acids is 2. The highest BCUT2D eigenvalue weighted by atomic mass is 16.5. The second-order valence-corrected chi connectivity index (χ2v) is 6.81. The van der Waals surface area contributed by atoms with Gasteiger partial charge in [-0.2, -0.15) is 0 Å². The van der Waals surface area contributed by atoms with Crippen LogP contribution in [0.2, 0.25) is 0 Å². The zero-order chi connectivity index (χ0) is 19.0. The van der Waals surface area contributed by atoms with Crippen LogP contribution in [0.4, 0.5) is 0 Å². The van der Waals surface area contributed by atoms with E-state index in [1.165, 1.54) is 7.11 Å². The number of methoxy groups -OCH3 is 1. The van der Waals surface area contributed by atoms with Gasteiger partial charge in [0.15, 0.2) is 0 Å². The minimum absolute atomic E-state index is 0.0912. The van der Waals surface area contributed by atoms with Gasteiger partial charge in [0.05, 0.1) is 18.6 Å². The number of hydrogen-bond acceptors (Lipinski definition) is 5. The standard InChI is InChI=1S/C21H22O5/c1-11(2)13-6-7-14-9-17(26-20(14)22)19(12(3)4)18-10-15(21(23)24-5)16(8-13)25-18/h6-7,9-10,13,17,19H,1,3,8H2,2,4-5H3/t13-,17-,19-/m1/s1. The fourth-order valence-corrected chi connectivity index (χ4v) is 3.31. The maximum Gasteiger partial charge on any atom is 0.341 e. The Bertz CT molecular complexity index is 852. The number of rotatable bonds is 3. The van der Waals surface area contributed by atoms with Crippen LogP contribution in [0.15, 0.2) is 58.6 Å². The molecule has 0 spiro atoms. The lowest BCUT2D eigenvalue weighted by atomic mass is 9.90. The summed E-state index contributed by atoms with van der Waals surface area (Å²) in [6.45, 7) is 11.8. The van der Waals surface area contributed by atoms with Crippen molar-refractivity contribution in [1.82, 2.24) is 0 Å². The van der Waals surface area contributed by atoms with E-state index in [1.54, 1.807) is 18.2 Å². The number of carbonyl (C=O) groups is 2. The number of esters is 2. The second-order valence-electron chi connectivity index (χ2n) is 6.81. The van der Waals surface area contributed by atoms with Gasteiger partial charge in [-0.3, -0.25) is 0 Å². The smallest absolute Gasteiger partial charge is 0.341 e. The van der Waals surface area contributed by atoms with Gasteiger partial charge in [-0.15, -0.1) is 0 Å². The first-order chi connectivity index (χ1) is 12.3. The molecule has 136 valence electrons. The summed E-state index contributed by atoms with van der Waals surface area (Å²) in [5.41, 5.74) is 2.56. The minimum atomic E-state index is -0.523. The molecule has 1 aromatic rings. The quantitative estimate of drug-likeness (QED) is 0.609. The first kappa shape index (κ1) is 18.0. The molecule has 0 saturated heterocycles. The SMILES string of the molecule is C=C(C)[C@@H]1C=CC2=C[C@@H](OC2=O)[C@@H](C(=C)C)c2cc(C(=O)OC)c(o2)C1. The Morgan fingerprint density at radius 3 is 2.62 bits per heavy atom. The van der Waals surface area contributed by atoms with Crippen LogP contribution >= 0.6 is 0 Å². The van der Waals surface area contributed by atoms with Crippen LogP contribution in [0.5, 0.6) is 0 Å². The van der Waals surface area contributed by atoms with Crippen LogP contribution in [-0.2, 0) is 20.7 Å². The predicted molar refractivity (Wildman–Crippen MR) is 96.7 cm³/mol. The van der Waals surface area contributed by atoms with Crippen LogP contribution in [0, 0.1) is 5.92 Å². The molecule has 0 aromatic carbocycles. The summed E-state index contributed by atoms with van der Waals surface area (Å²) in [5.74, 6) is -0.236. The van der Waals surface area contributed by atoms with Crippen molar-refractivity contribution in [2.75, 3.05) is 7.11 Å². The minimum Gasteiger partial charge on any atom is -0.465 e. The van der Waals surface area contributed by atoms with Crippen molar-refractivity contribution in [3.8, 4) is 0 Å². The molecule has 3 rings (SSSR count). The van der Waals surface area contributed by atoms with Crippen molar-refractivity contribution < 1.29 is 23.5 Å². The third-order valence-electron chi connectivity index (χ3n) is 4.77. The van der Waals surface area contributed by atoms with Crippen LogP contribution in [0.3, 0.4) is 0 Å². The molecule has 0 aliphatic carbocycles. The van der Waals surface area contributed by atoms with E-state index in [9.17, 15) is 9.59 Å². The van der Waals surface area contributed by atoms with Gasteiger partial charge in [0.25, 0.3) is 0 Å². The fraction of sp³-hybridized carbons (Fsp3) is 0.333. The summed E-state index contributed by atoms with van der Waals surface area (Å²) in [7, 11) is 1.34. The van der Waals surface area contributed by atoms with Crippen molar-refractivity contribution in [2.24, 2.45) is 5.92 Å². The second kappa shape index (κ2) is 6.83. The number of ether oxygens (including phenoxy) is 2. The van der Waals surface area contributed by atoms with E-state index in [1.807, 2.05) is 19.9 Å². The van der Waals surface area contributed by atoms with Crippen molar-refractivity contribution >= 4 is 11.9 Å². The maximum atomic E-state index is 12.2. The van der Waals surface area contributed by atoms with Crippen molar-refractivity contribution in [1.29, 1.82) is 0 Å². The molecule has 1 aromatic heterocycles. The van der Waals surface area contributed by atoms with Gasteiger partial charge in [0.1, 0.15) is 23.2 Å². The Labute approximate surface area is 152 Å². The molecular weight excluding hydrogens is 332 g/mol. The van der Waals surface area contributed by atoms with Crippen LogP contribution < -0.4 is 0 Å². The maximum absolute atomic E-state index is 12.2. The summed E-state index contributed by atoms with van der Waals surface area (Å²) in [4.78, 5) is 24.4. The molecule has 3 atom stereocenters. The molecule has 0 radical (unpaired) electrons. The van der Waals surface area contributed by atoms with Gasteiger partial charge in [0.2, 0.25) is 0 Å². The first-order valence-corrected chi connectivity index (χ1v) is 8.44. The Kier molecular flexibility index (Phi) is 4.72. The summed E-state index contributed by atoms with van der Waals surface area (Å²) < 4.78 is 16.5. The summed E-state index contributed by atoms with van der Waals surface area (Å²) in [6, 6.07) is 1.67. The number of allylic oxidation sites excluding steroid dienone is 2. The average molecular weight is 354 g/mol. The van der Waals surface area contributed by atoms with Crippen molar-refractivity contribution in [2.45, 2.75) is 32.3 Å². The van der Waals surface area contributed by atoms with E-state index in [0.717, 1.165) is 11.1 Å². The lowest BCUT2D eigenvalue weighted by molar-refractivity contribution is -0.139. The van der Waals surface area contributed by atoms with Crippen LogP contribution in [-0.4, -0.2) is 25.2 Å². The van der Waals surface area contributed by atoms with Gasteiger partial charge < -0.3 is 13.9 Å². The highest BCUT2D eigenvalue weighted by Crippen LogP contribution is 2.37. The van der Waals surface area contributed by atoms with Gasteiger partial charge in [0, 0.05) is 12.3 Å². The third-order valence-corrected chi connectivity index (χ3v) is 4.77. The number of hydrogen-bond donors (Lipinski definition) is 0. The lowest BCUT2D eigenvalue weighted by Gasteiger charge is -2.20.